The van der Waals surface area contributed by atoms with Crippen molar-refractivity contribution in [2.75, 3.05) is 5.32 Å². The van der Waals surface area contributed by atoms with Crippen LogP contribution in [0.4, 0.5) is 11.4 Å². The second-order valence-corrected chi connectivity index (χ2v) is 11.6. The van der Waals surface area contributed by atoms with Gasteiger partial charge < -0.3 is 9.88 Å². The first-order valence-electron chi connectivity index (χ1n) is 14.0. The van der Waals surface area contributed by atoms with Crippen LogP contribution in [0, 0.1) is 0 Å². The molecule has 1 aromatic heterocycles. The van der Waals surface area contributed by atoms with E-state index in [-0.39, 0.29) is 5.41 Å². The first kappa shape index (κ1) is 24.2. The predicted molar refractivity (Wildman–Crippen MR) is 172 cm³/mol. The zero-order chi connectivity index (χ0) is 27.3. The lowest BCUT2D eigenvalue weighted by atomic mass is 9.87. The molecule has 0 bridgehead atoms. The summed E-state index contributed by atoms with van der Waals surface area (Å²) < 4.78 is 2.37. The first-order chi connectivity index (χ1) is 19.5. The molecule has 0 unspecified atom stereocenters. The molecule has 0 aliphatic heterocycles. The van der Waals surface area contributed by atoms with Crippen molar-refractivity contribution in [3.8, 4) is 16.8 Å². The predicted octanol–water partition coefficient (Wildman–Crippen LogP) is 10.6. The van der Waals surface area contributed by atoms with Gasteiger partial charge in [-0.15, -0.1) is 0 Å². The lowest BCUT2D eigenvalue weighted by Gasteiger charge is -2.19. The molecule has 0 radical (unpaired) electrons. The average Bonchev–Trinajstić information content (AvgIpc) is 3.31. The molecule has 2 nitrogen and oxygen atoms in total. The number of aromatic nitrogens is 1. The van der Waals surface area contributed by atoms with Crippen LogP contribution in [-0.2, 0) is 5.41 Å². The van der Waals surface area contributed by atoms with Crippen molar-refractivity contribution in [1.29, 1.82) is 0 Å². The number of anilines is 2. The van der Waals surface area contributed by atoms with Gasteiger partial charge in [0.25, 0.3) is 0 Å². The molecule has 1 heterocycles. The Morgan fingerprint density at radius 2 is 1.18 bits per heavy atom. The van der Waals surface area contributed by atoms with Gasteiger partial charge >= 0.3 is 0 Å². The second-order valence-electron chi connectivity index (χ2n) is 11.6. The highest BCUT2D eigenvalue weighted by Gasteiger charge is 2.16. The number of para-hydroxylation sites is 1. The number of hydrogen-bond donors (Lipinski definition) is 1. The van der Waals surface area contributed by atoms with E-state index in [1.165, 1.54) is 55.0 Å². The SMILES string of the molecule is CC(C)(C)c1ccc(-n2c3ccccc3c3cc(Nc4ccc(-c5cccc6ccccc56)cc4)ccc32)cc1. The number of nitrogens with one attached hydrogen (secondary N) is 1. The fourth-order valence-corrected chi connectivity index (χ4v) is 5.82. The van der Waals surface area contributed by atoms with Gasteiger partial charge in [0, 0.05) is 27.8 Å². The number of rotatable bonds is 4. The van der Waals surface area contributed by atoms with Gasteiger partial charge in [0.2, 0.25) is 0 Å². The van der Waals surface area contributed by atoms with Crippen LogP contribution in [0.1, 0.15) is 26.3 Å². The number of hydrogen-bond acceptors (Lipinski definition) is 1. The Kier molecular flexibility index (Phi) is 5.71. The summed E-state index contributed by atoms with van der Waals surface area (Å²) in [5.41, 5.74) is 9.72. The van der Waals surface area contributed by atoms with Crippen molar-refractivity contribution in [3.63, 3.8) is 0 Å². The lowest BCUT2D eigenvalue weighted by Crippen LogP contribution is -2.10. The summed E-state index contributed by atoms with van der Waals surface area (Å²) in [7, 11) is 0. The maximum Gasteiger partial charge on any atom is 0.0542 e. The molecule has 0 aliphatic rings. The van der Waals surface area contributed by atoms with Crippen molar-refractivity contribution in [2.45, 2.75) is 26.2 Å². The fourth-order valence-electron chi connectivity index (χ4n) is 5.82. The van der Waals surface area contributed by atoms with Gasteiger partial charge in [-0.25, -0.2) is 0 Å². The van der Waals surface area contributed by atoms with Crippen LogP contribution in [-0.4, -0.2) is 4.57 Å². The van der Waals surface area contributed by atoms with Crippen molar-refractivity contribution >= 4 is 44.0 Å². The Labute approximate surface area is 235 Å². The van der Waals surface area contributed by atoms with E-state index in [0.717, 1.165) is 11.4 Å². The highest BCUT2D eigenvalue weighted by atomic mass is 15.0. The molecular formula is C38H32N2. The molecule has 1 N–H and O–H groups in total. The third-order valence-corrected chi connectivity index (χ3v) is 7.94. The fraction of sp³-hybridized carbons (Fsp3) is 0.105. The molecule has 0 saturated heterocycles. The van der Waals surface area contributed by atoms with Crippen LogP contribution in [0.15, 0.2) is 133 Å². The van der Waals surface area contributed by atoms with Crippen LogP contribution < -0.4 is 5.32 Å². The van der Waals surface area contributed by atoms with Gasteiger partial charge in [0.1, 0.15) is 0 Å². The standard InChI is InChI=1S/C38H32N2/c1-38(2,3)28-17-22-31(23-18-28)40-36-14-7-6-12-34(36)35-25-30(21-24-37(35)40)39-29-19-15-27(16-20-29)33-13-8-10-26-9-4-5-11-32(26)33/h4-25,39H,1-3H3. The molecule has 7 rings (SSSR count). The Morgan fingerprint density at radius 1 is 0.525 bits per heavy atom. The van der Waals surface area contributed by atoms with Crippen LogP contribution in [0.2, 0.25) is 0 Å². The van der Waals surface area contributed by atoms with Gasteiger partial charge in [0.05, 0.1) is 11.0 Å². The Bertz CT molecular complexity index is 1980. The van der Waals surface area contributed by atoms with Crippen molar-refractivity contribution in [2.24, 2.45) is 0 Å². The van der Waals surface area contributed by atoms with Crippen molar-refractivity contribution < 1.29 is 0 Å². The minimum absolute atomic E-state index is 0.132. The lowest BCUT2D eigenvalue weighted by molar-refractivity contribution is 0.590. The molecule has 194 valence electrons. The third-order valence-electron chi connectivity index (χ3n) is 7.94. The summed E-state index contributed by atoms with van der Waals surface area (Å²) in [5.74, 6) is 0. The van der Waals surface area contributed by atoms with Gasteiger partial charge in [-0.1, -0.05) is 106 Å². The van der Waals surface area contributed by atoms with Crippen molar-refractivity contribution in [3.05, 3.63) is 139 Å². The average molecular weight is 517 g/mol. The molecule has 0 atom stereocenters. The molecule has 0 saturated carbocycles. The molecule has 0 fully saturated rings. The quantitative estimate of drug-likeness (QED) is 0.246. The maximum atomic E-state index is 3.64. The Balaban J connectivity index is 1.24. The number of fused-ring (bicyclic) bond motifs is 4. The van der Waals surface area contributed by atoms with Gasteiger partial charge in [-0.3, -0.25) is 0 Å². The summed E-state index contributed by atoms with van der Waals surface area (Å²) in [6.07, 6.45) is 0. The summed E-state index contributed by atoms with van der Waals surface area (Å²) in [5, 5.41) is 8.68. The molecule has 0 aliphatic carbocycles. The van der Waals surface area contributed by atoms with Crippen LogP contribution in [0.5, 0.6) is 0 Å². The van der Waals surface area contributed by atoms with E-state index in [1.54, 1.807) is 0 Å². The third kappa shape index (κ3) is 4.23. The summed E-state index contributed by atoms with van der Waals surface area (Å²) >= 11 is 0. The van der Waals surface area contributed by atoms with E-state index >= 15 is 0 Å². The highest BCUT2D eigenvalue weighted by molar-refractivity contribution is 6.10. The smallest absolute Gasteiger partial charge is 0.0542 e. The number of nitrogens with zero attached hydrogens (tertiary/aromatic N) is 1. The van der Waals surface area contributed by atoms with E-state index in [4.69, 9.17) is 0 Å². The minimum atomic E-state index is 0.132. The summed E-state index contributed by atoms with van der Waals surface area (Å²) in [4.78, 5) is 0. The number of benzene rings is 6. The zero-order valence-electron chi connectivity index (χ0n) is 23.1. The van der Waals surface area contributed by atoms with E-state index in [0.29, 0.717) is 0 Å². The molecular weight excluding hydrogens is 484 g/mol. The minimum Gasteiger partial charge on any atom is -0.356 e. The normalized spacial score (nSPS) is 11.9. The molecule has 6 aromatic carbocycles. The van der Waals surface area contributed by atoms with Crippen LogP contribution >= 0.6 is 0 Å². The largest absolute Gasteiger partial charge is 0.356 e. The maximum absolute atomic E-state index is 3.64. The Hall–Kier alpha value is -4.82. The van der Waals surface area contributed by atoms with E-state index in [2.05, 4.69) is 164 Å². The van der Waals surface area contributed by atoms with E-state index in [9.17, 15) is 0 Å². The first-order valence-corrected chi connectivity index (χ1v) is 14.0. The summed E-state index contributed by atoms with van der Waals surface area (Å²) in [6, 6.07) is 48.2. The van der Waals surface area contributed by atoms with Crippen molar-refractivity contribution in [1.82, 2.24) is 4.57 Å². The molecule has 0 spiro atoms. The van der Waals surface area contributed by atoms with Gasteiger partial charge in [-0.05, 0) is 81.4 Å². The highest BCUT2D eigenvalue weighted by Crippen LogP contribution is 2.35. The Morgan fingerprint density at radius 3 is 1.95 bits per heavy atom. The molecule has 0 amide bonds. The second kappa shape index (κ2) is 9.43. The van der Waals surface area contributed by atoms with Crippen LogP contribution in [0.25, 0.3) is 49.4 Å². The van der Waals surface area contributed by atoms with Gasteiger partial charge in [-0.2, -0.15) is 0 Å². The van der Waals surface area contributed by atoms with Crippen LogP contribution in [0.3, 0.4) is 0 Å². The summed E-state index contributed by atoms with van der Waals surface area (Å²) in [6.45, 7) is 6.77. The monoisotopic (exact) mass is 516 g/mol. The van der Waals surface area contributed by atoms with E-state index in [1.807, 2.05) is 0 Å². The molecule has 2 heteroatoms. The van der Waals surface area contributed by atoms with Gasteiger partial charge in [0.15, 0.2) is 0 Å². The van der Waals surface area contributed by atoms with E-state index < -0.39 is 0 Å². The molecule has 7 aromatic rings. The topological polar surface area (TPSA) is 17.0 Å². The molecule has 40 heavy (non-hydrogen) atoms. The zero-order valence-corrected chi connectivity index (χ0v) is 23.1.